The standard InChI is InChI=1S/C15H18N4O3/c1-10-7-19(8-14-17-13(9-21-2)18-22-14)12-6-4-3-5-11(12)16-15(10)20/h3-6,10H,7-9H2,1-2H3,(H,16,20). The molecule has 1 aromatic carbocycles. The Morgan fingerprint density at radius 1 is 1.45 bits per heavy atom. The molecule has 0 saturated heterocycles. The number of carbonyl (C=O) groups excluding carboxylic acids is 1. The Morgan fingerprint density at radius 3 is 3.09 bits per heavy atom. The highest BCUT2D eigenvalue weighted by Crippen LogP contribution is 2.30. The van der Waals surface area contributed by atoms with Gasteiger partial charge in [-0.2, -0.15) is 4.98 Å². The SMILES string of the molecule is COCc1noc(CN2CC(C)C(=O)Nc3ccccc32)n1. The van der Waals surface area contributed by atoms with Crippen LogP contribution in [0.1, 0.15) is 18.6 Å². The van der Waals surface area contributed by atoms with Crippen molar-refractivity contribution in [2.24, 2.45) is 5.92 Å². The number of benzene rings is 1. The predicted octanol–water partition coefficient (Wildman–Crippen LogP) is 1.81. The Bertz CT molecular complexity index is 670. The Labute approximate surface area is 128 Å². The number of aromatic nitrogens is 2. The fraction of sp³-hybridized carbons (Fsp3) is 0.400. The third kappa shape index (κ3) is 2.94. The van der Waals surface area contributed by atoms with Crippen LogP contribution < -0.4 is 10.2 Å². The van der Waals surface area contributed by atoms with Gasteiger partial charge >= 0.3 is 0 Å². The first-order valence-electron chi connectivity index (χ1n) is 7.12. The van der Waals surface area contributed by atoms with Crippen LogP contribution in [0.5, 0.6) is 0 Å². The normalized spacial score (nSPS) is 17.8. The van der Waals surface area contributed by atoms with Crippen LogP contribution in [0.4, 0.5) is 11.4 Å². The van der Waals surface area contributed by atoms with Gasteiger partial charge in [-0.15, -0.1) is 0 Å². The molecule has 1 amide bonds. The summed E-state index contributed by atoms with van der Waals surface area (Å²) in [6.45, 7) is 3.26. The van der Waals surface area contributed by atoms with Crippen molar-refractivity contribution < 1.29 is 14.1 Å². The quantitative estimate of drug-likeness (QED) is 0.927. The van der Waals surface area contributed by atoms with Gasteiger partial charge in [-0.05, 0) is 12.1 Å². The maximum Gasteiger partial charge on any atom is 0.246 e. The highest BCUT2D eigenvalue weighted by atomic mass is 16.5. The molecule has 2 heterocycles. The average Bonchev–Trinajstić information content (AvgIpc) is 2.90. The summed E-state index contributed by atoms with van der Waals surface area (Å²) in [5, 5.41) is 6.81. The Balaban J connectivity index is 1.86. The summed E-state index contributed by atoms with van der Waals surface area (Å²) >= 11 is 0. The summed E-state index contributed by atoms with van der Waals surface area (Å²) in [5.41, 5.74) is 1.75. The molecule has 22 heavy (non-hydrogen) atoms. The summed E-state index contributed by atoms with van der Waals surface area (Å²) in [6.07, 6.45) is 0. The minimum absolute atomic E-state index is 0.0144. The second-order valence-corrected chi connectivity index (χ2v) is 5.33. The topological polar surface area (TPSA) is 80.5 Å². The van der Waals surface area contributed by atoms with Gasteiger partial charge in [-0.1, -0.05) is 24.2 Å². The van der Waals surface area contributed by atoms with Gasteiger partial charge in [-0.25, -0.2) is 0 Å². The molecule has 116 valence electrons. The molecule has 1 aliphatic rings. The molecule has 0 fully saturated rings. The van der Waals surface area contributed by atoms with E-state index >= 15 is 0 Å². The largest absolute Gasteiger partial charge is 0.377 e. The number of hydrogen-bond donors (Lipinski definition) is 1. The number of nitrogens with zero attached hydrogens (tertiary/aromatic N) is 3. The van der Waals surface area contributed by atoms with Crippen molar-refractivity contribution in [2.45, 2.75) is 20.1 Å². The van der Waals surface area contributed by atoms with E-state index in [2.05, 4.69) is 20.4 Å². The van der Waals surface area contributed by atoms with E-state index in [4.69, 9.17) is 9.26 Å². The lowest BCUT2D eigenvalue weighted by Crippen LogP contribution is -2.30. The van der Waals surface area contributed by atoms with Crippen molar-refractivity contribution in [3.63, 3.8) is 0 Å². The predicted molar refractivity (Wildman–Crippen MR) is 80.3 cm³/mol. The molecule has 0 spiro atoms. The molecule has 0 saturated carbocycles. The van der Waals surface area contributed by atoms with Crippen LogP contribution in [0.15, 0.2) is 28.8 Å². The molecule has 2 aromatic rings. The van der Waals surface area contributed by atoms with Crippen LogP contribution in [-0.4, -0.2) is 29.7 Å². The molecule has 3 rings (SSSR count). The van der Waals surface area contributed by atoms with Crippen LogP contribution in [0.3, 0.4) is 0 Å². The molecular weight excluding hydrogens is 284 g/mol. The highest BCUT2D eigenvalue weighted by Gasteiger charge is 2.25. The molecule has 0 aliphatic carbocycles. The van der Waals surface area contributed by atoms with Crippen molar-refractivity contribution in [1.29, 1.82) is 0 Å². The summed E-state index contributed by atoms with van der Waals surface area (Å²) in [4.78, 5) is 18.4. The first-order chi connectivity index (χ1) is 10.7. The van der Waals surface area contributed by atoms with Gasteiger partial charge in [0, 0.05) is 13.7 Å². The average molecular weight is 302 g/mol. The van der Waals surface area contributed by atoms with Crippen LogP contribution in [0.2, 0.25) is 0 Å². The monoisotopic (exact) mass is 302 g/mol. The van der Waals surface area contributed by atoms with Crippen molar-refractivity contribution in [1.82, 2.24) is 10.1 Å². The van der Waals surface area contributed by atoms with Gasteiger partial charge < -0.3 is 19.5 Å². The van der Waals surface area contributed by atoms with E-state index in [0.717, 1.165) is 11.4 Å². The van der Waals surface area contributed by atoms with Crippen LogP contribution in [0, 0.1) is 5.92 Å². The molecule has 0 bridgehead atoms. The number of hydrogen-bond acceptors (Lipinski definition) is 6. The van der Waals surface area contributed by atoms with Gasteiger partial charge in [0.1, 0.15) is 6.61 Å². The number of amides is 1. The second-order valence-electron chi connectivity index (χ2n) is 5.33. The van der Waals surface area contributed by atoms with Gasteiger partial charge in [0.2, 0.25) is 11.8 Å². The number of nitrogens with one attached hydrogen (secondary N) is 1. The molecule has 1 unspecified atom stereocenters. The van der Waals surface area contributed by atoms with E-state index in [1.807, 2.05) is 31.2 Å². The number of para-hydroxylation sites is 2. The molecule has 1 atom stereocenters. The number of rotatable bonds is 4. The molecule has 0 radical (unpaired) electrons. The van der Waals surface area contributed by atoms with Crippen LogP contribution in [-0.2, 0) is 22.7 Å². The zero-order valence-electron chi connectivity index (χ0n) is 12.6. The van der Waals surface area contributed by atoms with E-state index in [1.165, 1.54) is 0 Å². The number of methoxy groups -OCH3 is 1. The number of fused-ring (bicyclic) bond motifs is 1. The number of anilines is 2. The minimum atomic E-state index is -0.131. The first kappa shape index (κ1) is 14.5. The number of carbonyl (C=O) groups is 1. The maximum absolute atomic E-state index is 12.1. The van der Waals surface area contributed by atoms with E-state index in [0.29, 0.717) is 31.4 Å². The molecule has 1 aromatic heterocycles. The molecule has 1 aliphatic heterocycles. The first-order valence-corrected chi connectivity index (χ1v) is 7.12. The second kappa shape index (κ2) is 6.15. The maximum atomic E-state index is 12.1. The Kier molecular flexibility index (Phi) is 4.06. The summed E-state index contributed by atoms with van der Waals surface area (Å²) < 4.78 is 10.2. The van der Waals surface area contributed by atoms with E-state index < -0.39 is 0 Å². The van der Waals surface area contributed by atoms with Crippen molar-refractivity contribution in [2.75, 3.05) is 23.9 Å². The Hall–Kier alpha value is -2.41. The van der Waals surface area contributed by atoms with Gasteiger partial charge in [0.05, 0.1) is 23.8 Å². The van der Waals surface area contributed by atoms with Gasteiger partial charge in [0.15, 0.2) is 5.82 Å². The fourth-order valence-corrected chi connectivity index (χ4v) is 2.48. The van der Waals surface area contributed by atoms with E-state index in [-0.39, 0.29) is 11.8 Å². The van der Waals surface area contributed by atoms with E-state index in [9.17, 15) is 4.79 Å². The highest BCUT2D eigenvalue weighted by molar-refractivity contribution is 5.97. The summed E-state index contributed by atoms with van der Waals surface area (Å²) in [5.74, 6) is 0.903. The van der Waals surface area contributed by atoms with Gasteiger partial charge in [0.25, 0.3) is 0 Å². The van der Waals surface area contributed by atoms with E-state index in [1.54, 1.807) is 7.11 Å². The summed E-state index contributed by atoms with van der Waals surface area (Å²) in [7, 11) is 1.58. The third-order valence-electron chi connectivity index (χ3n) is 3.55. The zero-order chi connectivity index (χ0) is 15.5. The van der Waals surface area contributed by atoms with Crippen molar-refractivity contribution >= 4 is 17.3 Å². The van der Waals surface area contributed by atoms with Gasteiger partial charge in [-0.3, -0.25) is 4.79 Å². The minimum Gasteiger partial charge on any atom is -0.377 e. The molecule has 1 N–H and O–H groups in total. The molecular formula is C15H18N4O3. The zero-order valence-corrected chi connectivity index (χ0v) is 12.6. The Morgan fingerprint density at radius 2 is 2.27 bits per heavy atom. The van der Waals surface area contributed by atoms with Crippen molar-refractivity contribution in [3.8, 4) is 0 Å². The molecule has 7 nitrogen and oxygen atoms in total. The third-order valence-corrected chi connectivity index (χ3v) is 3.55. The lowest BCUT2D eigenvalue weighted by Gasteiger charge is -2.23. The number of ether oxygens (including phenoxy) is 1. The van der Waals surface area contributed by atoms with Crippen LogP contribution >= 0.6 is 0 Å². The fourth-order valence-electron chi connectivity index (χ4n) is 2.48. The lowest BCUT2D eigenvalue weighted by molar-refractivity contribution is -0.119. The van der Waals surface area contributed by atoms with Crippen molar-refractivity contribution in [3.05, 3.63) is 36.0 Å². The van der Waals surface area contributed by atoms with Crippen LogP contribution in [0.25, 0.3) is 0 Å². The lowest BCUT2D eigenvalue weighted by atomic mass is 10.1. The molecule has 7 heteroatoms. The smallest absolute Gasteiger partial charge is 0.246 e. The summed E-state index contributed by atoms with van der Waals surface area (Å²) in [6, 6.07) is 7.71.